The molecule has 13 heavy (non-hydrogen) atoms. The van der Waals surface area contributed by atoms with Gasteiger partial charge in [0, 0.05) is 27.1 Å². The van der Waals surface area contributed by atoms with Gasteiger partial charge in [0.1, 0.15) is 6.29 Å². The number of rotatable bonds is 4. The van der Waals surface area contributed by atoms with Gasteiger partial charge in [0.25, 0.3) is 0 Å². The molecule has 1 fully saturated rings. The second-order valence-corrected chi connectivity index (χ2v) is 3.91. The molecule has 2 unspecified atom stereocenters. The molecule has 0 N–H and O–H groups in total. The summed E-state index contributed by atoms with van der Waals surface area (Å²) in [7, 11) is 3.24. The smallest absolute Gasteiger partial charge is 0.167 e. The molecule has 0 aliphatic heterocycles. The van der Waals surface area contributed by atoms with E-state index in [1.54, 1.807) is 14.2 Å². The third-order valence-electron chi connectivity index (χ3n) is 2.79. The number of methoxy groups -OCH3 is 2. The first kappa shape index (κ1) is 11.0. The molecule has 0 aromatic heterocycles. The van der Waals surface area contributed by atoms with Crippen LogP contribution in [0, 0.1) is 5.92 Å². The quantitative estimate of drug-likeness (QED) is 0.398. The Morgan fingerprint density at radius 1 is 1.54 bits per heavy atom. The van der Waals surface area contributed by atoms with Crippen LogP contribution in [-0.2, 0) is 14.3 Å². The van der Waals surface area contributed by atoms with Gasteiger partial charge in [-0.3, -0.25) is 0 Å². The summed E-state index contributed by atoms with van der Waals surface area (Å²) >= 11 is 5.83. The number of hydrogen-bond acceptors (Lipinski definition) is 3. The molecule has 0 aromatic rings. The number of carbonyl (C=O) groups is 1. The van der Waals surface area contributed by atoms with Gasteiger partial charge in [0.15, 0.2) is 5.79 Å². The minimum atomic E-state index is -0.513. The van der Waals surface area contributed by atoms with E-state index in [0.717, 1.165) is 19.1 Å². The summed E-state index contributed by atoms with van der Waals surface area (Å²) in [5, 5.41) is -0.410. The highest BCUT2D eigenvalue weighted by Crippen LogP contribution is 2.40. The van der Waals surface area contributed by atoms with Crippen LogP contribution in [0.3, 0.4) is 0 Å². The monoisotopic (exact) mass is 206 g/mol. The van der Waals surface area contributed by atoms with Crippen LogP contribution in [0.5, 0.6) is 0 Å². The van der Waals surface area contributed by atoms with E-state index in [1.807, 2.05) is 0 Å². The molecule has 1 rings (SSSR count). The van der Waals surface area contributed by atoms with Gasteiger partial charge in [0.05, 0.1) is 5.38 Å². The fourth-order valence-electron chi connectivity index (χ4n) is 1.85. The van der Waals surface area contributed by atoms with E-state index in [2.05, 4.69) is 0 Å². The van der Waals surface area contributed by atoms with E-state index in [4.69, 9.17) is 21.1 Å². The molecule has 4 heteroatoms. The van der Waals surface area contributed by atoms with Gasteiger partial charge < -0.3 is 14.3 Å². The zero-order valence-corrected chi connectivity index (χ0v) is 8.71. The summed E-state index contributed by atoms with van der Waals surface area (Å²) in [6.07, 6.45) is 3.18. The van der Waals surface area contributed by atoms with Crippen molar-refractivity contribution in [2.75, 3.05) is 14.2 Å². The maximum absolute atomic E-state index is 10.5. The molecule has 1 saturated carbocycles. The van der Waals surface area contributed by atoms with E-state index in [-0.39, 0.29) is 5.92 Å². The number of hydrogen-bond donors (Lipinski definition) is 0. The average molecular weight is 207 g/mol. The van der Waals surface area contributed by atoms with Gasteiger partial charge in [-0.25, -0.2) is 0 Å². The summed E-state index contributed by atoms with van der Waals surface area (Å²) in [6.45, 7) is 0. The van der Waals surface area contributed by atoms with Crippen molar-refractivity contribution in [3.8, 4) is 0 Å². The van der Waals surface area contributed by atoms with Crippen LogP contribution < -0.4 is 0 Å². The highest BCUT2D eigenvalue weighted by Gasteiger charge is 2.41. The summed E-state index contributed by atoms with van der Waals surface area (Å²) in [5.41, 5.74) is 0. The highest BCUT2D eigenvalue weighted by atomic mass is 35.5. The number of aldehydes is 1. The molecule has 0 spiro atoms. The minimum Gasteiger partial charge on any atom is -0.353 e. The second-order valence-electron chi connectivity index (χ2n) is 3.40. The zero-order chi connectivity index (χ0) is 9.90. The topological polar surface area (TPSA) is 35.5 Å². The Balaban J connectivity index is 2.56. The van der Waals surface area contributed by atoms with Crippen molar-refractivity contribution in [1.82, 2.24) is 0 Å². The number of halogens is 1. The largest absolute Gasteiger partial charge is 0.353 e. The average Bonchev–Trinajstić information content (AvgIpc) is 2.61. The first-order valence-electron chi connectivity index (χ1n) is 4.37. The Morgan fingerprint density at radius 2 is 2.15 bits per heavy atom. The predicted octanol–water partition coefficient (Wildman–Crippen LogP) is 1.58. The van der Waals surface area contributed by atoms with Crippen LogP contribution in [0.15, 0.2) is 0 Å². The molecule has 2 atom stereocenters. The summed E-state index contributed by atoms with van der Waals surface area (Å²) in [6, 6.07) is 0. The van der Waals surface area contributed by atoms with Crippen molar-refractivity contribution in [3.05, 3.63) is 0 Å². The van der Waals surface area contributed by atoms with Gasteiger partial charge >= 0.3 is 0 Å². The molecule has 0 amide bonds. The van der Waals surface area contributed by atoms with Crippen molar-refractivity contribution in [1.29, 1.82) is 0 Å². The Bertz CT molecular complexity index is 180. The van der Waals surface area contributed by atoms with E-state index in [1.165, 1.54) is 0 Å². The van der Waals surface area contributed by atoms with E-state index in [9.17, 15) is 4.79 Å². The number of ether oxygens (including phenoxy) is 2. The second kappa shape index (κ2) is 4.40. The molecule has 76 valence electrons. The molecule has 0 aromatic carbocycles. The van der Waals surface area contributed by atoms with Crippen molar-refractivity contribution in [2.24, 2.45) is 5.92 Å². The van der Waals surface area contributed by atoms with Crippen LogP contribution in [-0.4, -0.2) is 31.7 Å². The Kier molecular flexibility index (Phi) is 3.71. The molecule has 1 aliphatic carbocycles. The third-order valence-corrected chi connectivity index (χ3v) is 3.25. The lowest BCUT2D eigenvalue weighted by molar-refractivity contribution is -0.202. The molecule has 0 saturated heterocycles. The number of carbonyl (C=O) groups excluding carboxylic acids is 1. The van der Waals surface area contributed by atoms with E-state index < -0.39 is 11.2 Å². The molecule has 3 nitrogen and oxygen atoms in total. The van der Waals surface area contributed by atoms with Crippen LogP contribution in [0.25, 0.3) is 0 Å². The van der Waals surface area contributed by atoms with Crippen molar-refractivity contribution in [3.63, 3.8) is 0 Å². The van der Waals surface area contributed by atoms with Crippen molar-refractivity contribution in [2.45, 2.75) is 30.4 Å². The Labute approximate surface area is 83.3 Å². The van der Waals surface area contributed by atoms with Crippen LogP contribution in [0.2, 0.25) is 0 Å². The van der Waals surface area contributed by atoms with Gasteiger partial charge in [-0.1, -0.05) is 0 Å². The maximum atomic E-state index is 10.5. The van der Waals surface area contributed by atoms with E-state index >= 15 is 0 Å². The Morgan fingerprint density at radius 3 is 2.54 bits per heavy atom. The first-order chi connectivity index (χ1) is 6.17. The Hall–Kier alpha value is -0.120. The van der Waals surface area contributed by atoms with Gasteiger partial charge in [-0.15, -0.1) is 11.6 Å². The number of alkyl halides is 1. The highest BCUT2D eigenvalue weighted by molar-refractivity contribution is 6.27. The standard InChI is InChI=1S/C9H15ClO3/c1-12-9(13-2)4-3-7(5-9)8(10)6-11/h6-8H,3-5H2,1-2H3. The summed E-state index contributed by atoms with van der Waals surface area (Å²) in [4.78, 5) is 10.5. The lowest BCUT2D eigenvalue weighted by Crippen LogP contribution is -2.31. The van der Waals surface area contributed by atoms with Crippen molar-refractivity contribution >= 4 is 17.9 Å². The van der Waals surface area contributed by atoms with Crippen molar-refractivity contribution < 1.29 is 14.3 Å². The van der Waals surface area contributed by atoms with Crippen LogP contribution in [0.4, 0.5) is 0 Å². The predicted molar refractivity (Wildman–Crippen MR) is 49.8 cm³/mol. The fourth-order valence-corrected chi connectivity index (χ4v) is 2.06. The summed E-state index contributed by atoms with van der Waals surface area (Å²) in [5.74, 6) is -0.333. The van der Waals surface area contributed by atoms with E-state index in [0.29, 0.717) is 6.42 Å². The van der Waals surface area contributed by atoms with Gasteiger partial charge in [0.2, 0.25) is 0 Å². The summed E-state index contributed by atoms with van der Waals surface area (Å²) < 4.78 is 10.6. The molecule has 0 radical (unpaired) electrons. The lowest BCUT2D eigenvalue weighted by Gasteiger charge is -2.26. The fraction of sp³-hybridized carbons (Fsp3) is 0.889. The lowest BCUT2D eigenvalue weighted by atomic mass is 10.0. The van der Waals surface area contributed by atoms with Gasteiger partial charge in [-0.05, 0) is 12.3 Å². The molecule has 1 aliphatic rings. The molecular formula is C9H15ClO3. The third kappa shape index (κ3) is 2.22. The van der Waals surface area contributed by atoms with Crippen LogP contribution in [0.1, 0.15) is 19.3 Å². The zero-order valence-electron chi connectivity index (χ0n) is 7.96. The molecular weight excluding hydrogens is 192 g/mol. The molecule has 0 bridgehead atoms. The SMILES string of the molecule is COC1(OC)CCC(C(Cl)C=O)C1. The normalized spacial score (nSPS) is 28.7. The minimum absolute atomic E-state index is 0.180. The van der Waals surface area contributed by atoms with Crippen LogP contribution >= 0.6 is 11.6 Å². The molecule has 0 heterocycles. The first-order valence-corrected chi connectivity index (χ1v) is 4.81. The van der Waals surface area contributed by atoms with Gasteiger partial charge in [-0.2, -0.15) is 0 Å². The maximum Gasteiger partial charge on any atom is 0.167 e.